The van der Waals surface area contributed by atoms with Gasteiger partial charge in [-0.25, -0.2) is 9.78 Å². The van der Waals surface area contributed by atoms with Gasteiger partial charge in [0.1, 0.15) is 5.75 Å². The minimum Gasteiger partial charge on any atom is -0.494 e. The third-order valence-corrected chi connectivity index (χ3v) is 4.37. The summed E-state index contributed by atoms with van der Waals surface area (Å²) in [4.78, 5) is 16.6. The van der Waals surface area contributed by atoms with Gasteiger partial charge in [0, 0.05) is 11.1 Å². The summed E-state index contributed by atoms with van der Waals surface area (Å²) in [5, 5.41) is 0. The summed E-state index contributed by atoms with van der Waals surface area (Å²) in [7, 11) is 0. The van der Waals surface area contributed by atoms with Gasteiger partial charge < -0.3 is 9.15 Å². The predicted octanol–water partition coefficient (Wildman–Crippen LogP) is 5.43. The van der Waals surface area contributed by atoms with Crippen molar-refractivity contribution in [3.63, 3.8) is 0 Å². The Kier molecular flexibility index (Phi) is 5.02. The van der Waals surface area contributed by atoms with E-state index < -0.39 is 5.63 Å². The Morgan fingerprint density at radius 1 is 0.786 bits per heavy atom. The van der Waals surface area contributed by atoms with Crippen LogP contribution < -0.4 is 10.4 Å². The fraction of sp³-hybridized carbons (Fsp3) is 0.0833. The van der Waals surface area contributed by atoms with Crippen molar-refractivity contribution in [1.82, 2.24) is 4.98 Å². The van der Waals surface area contributed by atoms with Gasteiger partial charge in [-0.15, -0.1) is 0 Å². The van der Waals surface area contributed by atoms with Crippen LogP contribution in [0, 0.1) is 0 Å². The molecule has 0 aliphatic heterocycles. The van der Waals surface area contributed by atoms with Gasteiger partial charge in [0.15, 0.2) is 0 Å². The third kappa shape index (κ3) is 3.86. The van der Waals surface area contributed by atoms with Gasteiger partial charge in [-0.2, -0.15) is 0 Å². The first-order valence-corrected chi connectivity index (χ1v) is 9.14. The molecule has 0 spiro atoms. The van der Waals surface area contributed by atoms with E-state index >= 15 is 0 Å². The molecule has 4 rings (SSSR count). The number of hydrogen-bond donors (Lipinski definition) is 0. The lowest BCUT2D eigenvalue weighted by Gasteiger charge is -2.07. The van der Waals surface area contributed by atoms with Gasteiger partial charge >= 0.3 is 5.63 Å². The number of benzene rings is 3. The van der Waals surface area contributed by atoms with Gasteiger partial charge in [-0.1, -0.05) is 54.6 Å². The highest BCUT2D eigenvalue weighted by molar-refractivity contribution is 5.69. The minimum atomic E-state index is -0.430. The van der Waals surface area contributed by atoms with Crippen molar-refractivity contribution in [2.45, 2.75) is 6.92 Å². The standard InChI is InChI=1S/C24H19NO3/c1-2-27-21-14-12-20(13-15-21)24-25-22(16-23(26)28-24)19-10-8-18(9-11-19)17-6-4-3-5-7-17/h3-16H,2H2,1H3. The molecule has 28 heavy (non-hydrogen) atoms. The average molecular weight is 369 g/mol. The topological polar surface area (TPSA) is 52.3 Å². The van der Waals surface area contributed by atoms with Crippen LogP contribution in [-0.2, 0) is 0 Å². The third-order valence-electron chi connectivity index (χ3n) is 4.37. The maximum atomic E-state index is 12.1. The van der Waals surface area contributed by atoms with Crippen LogP contribution in [0.2, 0.25) is 0 Å². The molecule has 0 aliphatic rings. The quantitative estimate of drug-likeness (QED) is 0.470. The first-order chi connectivity index (χ1) is 13.7. The molecule has 0 unspecified atom stereocenters. The van der Waals surface area contributed by atoms with Gasteiger partial charge in [0.2, 0.25) is 5.89 Å². The number of aromatic nitrogens is 1. The highest BCUT2D eigenvalue weighted by Crippen LogP contribution is 2.26. The van der Waals surface area contributed by atoms with Crippen molar-refractivity contribution >= 4 is 0 Å². The zero-order valence-electron chi connectivity index (χ0n) is 15.5. The van der Waals surface area contributed by atoms with Crippen LogP contribution in [0.5, 0.6) is 5.75 Å². The van der Waals surface area contributed by atoms with E-state index in [1.165, 1.54) is 6.07 Å². The summed E-state index contributed by atoms with van der Waals surface area (Å²) >= 11 is 0. The molecule has 0 atom stereocenters. The Morgan fingerprint density at radius 2 is 1.39 bits per heavy atom. The van der Waals surface area contributed by atoms with E-state index in [0.717, 1.165) is 28.0 Å². The highest BCUT2D eigenvalue weighted by Gasteiger charge is 2.09. The Bertz CT molecular complexity index is 1120. The van der Waals surface area contributed by atoms with Gasteiger partial charge in [-0.05, 0) is 42.3 Å². The molecule has 0 amide bonds. The van der Waals surface area contributed by atoms with Crippen molar-refractivity contribution < 1.29 is 9.15 Å². The second-order valence-corrected chi connectivity index (χ2v) is 6.27. The van der Waals surface area contributed by atoms with E-state index in [0.29, 0.717) is 12.3 Å². The SMILES string of the molecule is CCOc1ccc(-c2nc(-c3ccc(-c4ccccc4)cc3)cc(=O)o2)cc1. The highest BCUT2D eigenvalue weighted by atomic mass is 16.5. The van der Waals surface area contributed by atoms with Crippen LogP contribution in [0.4, 0.5) is 0 Å². The number of nitrogens with zero attached hydrogens (tertiary/aromatic N) is 1. The zero-order chi connectivity index (χ0) is 19.3. The van der Waals surface area contributed by atoms with Crippen molar-refractivity contribution in [1.29, 1.82) is 0 Å². The van der Waals surface area contributed by atoms with Crippen LogP contribution in [0.1, 0.15) is 6.92 Å². The lowest BCUT2D eigenvalue weighted by atomic mass is 10.0. The maximum Gasteiger partial charge on any atom is 0.339 e. The van der Waals surface area contributed by atoms with Crippen LogP contribution >= 0.6 is 0 Å². The predicted molar refractivity (Wildman–Crippen MR) is 110 cm³/mol. The van der Waals surface area contributed by atoms with Crippen molar-refractivity contribution in [2.24, 2.45) is 0 Å². The molecule has 0 bridgehead atoms. The first-order valence-electron chi connectivity index (χ1n) is 9.14. The van der Waals surface area contributed by atoms with E-state index in [1.54, 1.807) is 0 Å². The molecular weight excluding hydrogens is 350 g/mol. The minimum absolute atomic E-state index is 0.290. The van der Waals surface area contributed by atoms with Crippen molar-refractivity contribution in [3.8, 4) is 39.6 Å². The Labute approximate surface area is 163 Å². The van der Waals surface area contributed by atoms with E-state index in [4.69, 9.17) is 9.15 Å². The molecule has 0 N–H and O–H groups in total. The zero-order valence-corrected chi connectivity index (χ0v) is 15.5. The lowest BCUT2D eigenvalue weighted by Crippen LogP contribution is -2.02. The molecule has 0 aliphatic carbocycles. The Morgan fingerprint density at radius 3 is 2.07 bits per heavy atom. The largest absolute Gasteiger partial charge is 0.494 e. The number of ether oxygens (including phenoxy) is 1. The van der Waals surface area contributed by atoms with E-state index in [1.807, 2.05) is 73.7 Å². The smallest absolute Gasteiger partial charge is 0.339 e. The summed E-state index contributed by atoms with van der Waals surface area (Å²) in [6.45, 7) is 2.53. The van der Waals surface area contributed by atoms with Crippen LogP contribution in [0.25, 0.3) is 33.8 Å². The normalized spacial score (nSPS) is 10.6. The molecule has 3 aromatic carbocycles. The van der Waals surface area contributed by atoms with Gasteiger partial charge in [-0.3, -0.25) is 0 Å². The molecule has 4 aromatic rings. The lowest BCUT2D eigenvalue weighted by molar-refractivity contribution is 0.340. The van der Waals surface area contributed by atoms with Gasteiger partial charge in [0.25, 0.3) is 0 Å². The summed E-state index contributed by atoms with van der Waals surface area (Å²) in [5.41, 5.74) is 3.99. The molecule has 138 valence electrons. The molecule has 0 radical (unpaired) electrons. The molecule has 1 heterocycles. The van der Waals surface area contributed by atoms with E-state index in [-0.39, 0.29) is 5.89 Å². The summed E-state index contributed by atoms with van der Waals surface area (Å²) in [6.07, 6.45) is 0. The number of rotatable bonds is 5. The van der Waals surface area contributed by atoms with Gasteiger partial charge in [0.05, 0.1) is 18.4 Å². The molecule has 4 heteroatoms. The average Bonchev–Trinajstić information content (AvgIpc) is 2.75. The molecule has 0 saturated carbocycles. The number of hydrogen-bond acceptors (Lipinski definition) is 4. The molecule has 1 aromatic heterocycles. The summed E-state index contributed by atoms with van der Waals surface area (Å²) in [6, 6.07) is 26.9. The fourth-order valence-electron chi connectivity index (χ4n) is 3.00. The van der Waals surface area contributed by atoms with Crippen LogP contribution in [0.3, 0.4) is 0 Å². The van der Waals surface area contributed by atoms with E-state index in [9.17, 15) is 4.79 Å². The summed E-state index contributed by atoms with van der Waals surface area (Å²) < 4.78 is 10.8. The maximum absolute atomic E-state index is 12.1. The second kappa shape index (κ2) is 7.92. The Hall–Kier alpha value is -3.66. The molecule has 0 saturated heterocycles. The van der Waals surface area contributed by atoms with Crippen molar-refractivity contribution in [3.05, 3.63) is 95.3 Å². The van der Waals surface area contributed by atoms with E-state index in [2.05, 4.69) is 17.1 Å². The van der Waals surface area contributed by atoms with Crippen molar-refractivity contribution in [2.75, 3.05) is 6.61 Å². The Balaban J connectivity index is 1.66. The molecule has 4 nitrogen and oxygen atoms in total. The van der Waals surface area contributed by atoms with Crippen LogP contribution in [-0.4, -0.2) is 11.6 Å². The second-order valence-electron chi connectivity index (χ2n) is 6.27. The monoisotopic (exact) mass is 369 g/mol. The summed E-state index contributed by atoms with van der Waals surface area (Å²) in [5.74, 6) is 1.05. The first kappa shape index (κ1) is 17.7. The fourth-order valence-corrected chi connectivity index (χ4v) is 3.00. The molecule has 0 fully saturated rings. The van der Waals surface area contributed by atoms with Crippen LogP contribution in [0.15, 0.2) is 94.1 Å². The molecular formula is C24H19NO3.